The van der Waals surface area contributed by atoms with Crippen molar-refractivity contribution in [2.75, 3.05) is 18.4 Å². The minimum Gasteiger partial charge on any atom is -0.456 e. The number of hydrogen-bond acceptors (Lipinski definition) is 8. The lowest BCUT2D eigenvalue weighted by Gasteiger charge is -2.41. The van der Waals surface area contributed by atoms with Crippen LogP contribution in [0, 0.1) is 11.7 Å². The summed E-state index contributed by atoms with van der Waals surface area (Å²) < 4.78 is 47.9. The number of likely N-dealkylation sites (tertiary alicyclic amines) is 1. The van der Waals surface area contributed by atoms with Crippen LogP contribution in [0.3, 0.4) is 0 Å². The van der Waals surface area contributed by atoms with Gasteiger partial charge in [-0.1, -0.05) is 0 Å². The molecule has 2 aliphatic heterocycles. The highest BCUT2D eigenvalue weighted by Crippen LogP contribution is 2.39. The summed E-state index contributed by atoms with van der Waals surface area (Å²) in [6.45, 7) is 1.51. The Hall–Kier alpha value is -3.64. The number of pyridine rings is 1. The number of amidine groups is 1. The average molecular weight is 490 g/mol. The van der Waals surface area contributed by atoms with E-state index in [0.717, 1.165) is 0 Å². The van der Waals surface area contributed by atoms with Gasteiger partial charge in [0.15, 0.2) is 6.23 Å². The minimum absolute atomic E-state index is 0.0124. The Morgan fingerprint density at radius 3 is 2.66 bits per heavy atom. The topological polar surface area (TPSA) is 125 Å². The third-order valence-corrected chi connectivity index (χ3v) is 5.91. The van der Waals surface area contributed by atoms with Crippen LogP contribution in [-0.4, -0.2) is 58.0 Å². The minimum atomic E-state index is -3.05. The molecule has 1 unspecified atom stereocenters. The summed E-state index contributed by atoms with van der Waals surface area (Å²) in [5, 5.41) is 14.8. The van der Waals surface area contributed by atoms with E-state index < -0.39 is 36.4 Å². The molecule has 5 N–H and O–H groups in total. The van der Waals surface area contributed by atoms with Crippen molar-refractivity contribution in [1.29, 1.82) is 0 Å². The summed E-state index contributed by atoms with van der Waals surface area (Å²) in [5.41, 5.74) is 5.62. The maximum atomic E-state index is 14.7. The van der Waals surface area contributed by atoms with Crippen LogP contribution in [0.25, 0.3) is 0 Å². The fraction of sp³-hybridized carbons (Fsp3) is 0.348. The number of aromatic nitrogens is 1. The number of hydrogen-bond donors (Lipinski definition) is 4. The number of carbonyl (C=O) groups is 1. The Balaban J connectivity index is 1.38. The fourth-order valence-electron chi connectivity index (χ4n) is 3.81. The lowest BCUT2D eigenvalue weighted by molar-refractivity contribution is -0.128. The molecule has 12 heteroatoms. The Labute approximate surface area is 199 Å². The molecule has 0 saturated carbocycles. The number of rotatable bonds is 6. The molecule has 1 aromatic heterocycles. The number of amides is 1. The van der Waals surface area contributed by atoms with Gasteiger partial charge in [0.25, 0.3) is 5.92 Å². The molecular formula is C23H25F3N6O3. The summed E-state index contributed by atoms with van der Waals surface area (Å²) in [6, 6.07) is 7.89. The summed E-state index contributed by atoms with van der Waals surface area (Å²) >= 11 is 0. The quantitative estimate of drug-likeness (QED) is 0.490. The lowest BCUT2D eigenvalue weighted by Crippen LogP contribution is -2.54. The number of nitrogens with one attached hydrogen (secondary N) is 2. The second kappa shape index (κ2) is 9.92. The van der Waals surface area contributed by atoms with E-state index in [9.17, 15) is 23.1 Å². The first-order valence-corrected chi connectivity index (χ1v) is 10.9. The predicted molar refractivity (Wildman–Crippen MR) is 122 cm³/mol. The van der Waals surface area contributed by atoms with Gasteiger partial charge in [0, 0.05) is 25.7 Å². The average Bonchev–Trinajstić information content (AvgIpc) is 2.83. The van der Waals surface area contributed by atoms with Crippen LogP contribution in [0.4, 0.5) is 19.0 Å². The highest BCUT2D eigenvalue weighted by Gasteiger charge is 2.48. The summed E-state index contributed by atoms with van der Waals surface area (Å²) in [6.07, 6.45) is 0.947. The predicted octanol–water partition coefficient (Wildman–Crippen LogP) is 2.42. The first kappa shape index (κ1) is 24.5. The monoisotopic (exact) mass is 490 g/mol. The van der Waals surface area contributed by atoms with E-state index in [1.54, 1.807) is 17.9 Å². The van der Waals surface area contributed by atoms with Gasteiger partial charge in [0.1, 0.15) is 29.0 Å². The van der Waals surface area contributed by atoms with E-state index in [0.29, 0.717) is 11.5 Å². The number of alkyl halides is 2. The molecule has 9 nitrogen and oxygen atoms in total. The summed E-state index contributed by atoms with van der Waals surface area (Å²) in [5.74, 6) is -4.25. The number of aliphatic imine (C=N–C) groups is 1. The van der Waals surface area contributed by atoms with Gasteiger partial charge in [0.05, 0.1) is 23.9 Å². The SMILES string of the molecule is C[C@@H](C(=O)Nc1ccc(Oc2ccc(F)cc2)cn1)N1CCC(F)(F)[C@@H](C2=CNC(O)C(N)=N2)C1. The van der Waals surface area contributed by atoms with Crippen molar-refractivity contribution in [1.82, 2.24) is 15.2 Å². The Bertz CT molecular complexity index is 1120. The smallest absolute Gasteiger partial charge is 0.258 e. The van der Waals surface area contributed by atoms with Gasteiger partial charge in [-0.2, -0.15) is 0 Å². The van der Waals surface area contributed by atoms with Crippen LogP contribution in [-0.2, 0) is 4.79 Å². The lowest BCUT2D eigenvalue weighted by atomic mass is 9.89. The van der Waals surface area contributed by atoms with Crippen molar-refractivity contribution in [3.05, 3.63) is 60.3 Å². The third kappa shape index (κ3) is 5.72. The van der Waals surface area contributed by atoms with E-state index in [2.05, 4.69) is 20.6 Å². The van der Waals surface area contributed by atoms with Crippen LogP contribution in [0.2, 0.25) is 0 Å². The van der Waals surface area contributed by atoms with Gasteiger partial charge in [-0.3, -0.25) is 9.69 Å². The van der Waals surface area contributed by atoms with Gasteiger partial charge in [-0.15, -0.1) is 0 Å². The molecule has 4 rings (SSSR count). The second-order valence-corrected chi connectivity index (χ2v) is 8.33. The number of aliphatic hydroxyl groups is 1. The molecule has 2 aromatic rings. The normalized spacial score (nSPS) is 22.9. The molecule has 0 radical (unpaired) electrons. The number of anilines is 1. The molecule has 0 bridgehead atoms. The van der Waals surface area contributed by atoms with Crippen LogP contribution in [0.5, 0.6) is 11.5 Å². The Kier molecular flexibility index (Phi) is 6.94. The zero-order chi connectivity index (χ0) is 25.2. The molecule has 1 aromatic carbocycles. The largest absolute Gasteiger partial charge is 0.456 e. The maximum Gasteiger partial charge on any atom is 0.258 e. The molecular weight excluding hydrogens is 465 g/mol. The van der Waals surface area contributed by atoms with Crippen LogP contribution in [0.15, 0.2) is 59.5 Å². The van der Waals surface area contributed by atoms with Crippen molar-refractivity contribution < 1.29 is 27.8 Å². The Morgan fingerprint density at radius 1 is 1.29 bits per heavy atom. The number of carbonyl (C=O) groups excluding carboxylic acids is 1. The number of ether oxygens (including phenoxy) is 1. The number of nitrogens with zero attached hydrogens (tertiary/aromatic N) is 3. The standard InChI is InChI=1S/C23H25F3N6O3/c1-13(32-9-8-23(25,26)17(12-32)18-11-29-22(34)20(27)30-18)21(33)31-19-7-6-16(10-28-19)35-15-4-2-14(24)3-5-15/h2-7,10-11,13,17,22,29,34H,8-9,12H2,1H3,(H2,27,30)(H,28,31,33)/t13-,17+,22?/m0/s1. The molecule has 2 aliphatic rings. The van der Waals surface area contributed by atoms with E-state index >= 15 is 0 Å². The molecule has 0 spiro atoms. The maximum absolute atomic E-state index is 14.7. The van der Waals surface area contributed by atoms with E-state index in [1.807, 2.05) is 0 Å². The van der Waals surface area contributed by atoms with Crippen molar-refractivity contribution in [2.24, 2.45) is 16.6 Å². The molecule has 1 fully saturated rings. The number of aliphatic hydroxyl groups excluding tert-OH is 1. The van der Waals surface area contributed by atoms with Crippen molar-refractivity contribution in [2.45, 2.75) is 31.5 Å². The fourth-order valence-corrected chi connectivity index (χ4v) is 3.81. The number of nitrogens with two attached hydrogens (primary N) is 1. The number of piperidine rings is 1. The zero-order valence-corrected chi connectivity index (χ0v) is 18.8. The van der Waals surface area contributed by atoms with Crippen molar-refractivity contribution in [3.8, 4) is 11.5 Å². The van der Waals surface area contributed by atoms with Crippen LogP contribution < -0.4 is 21.1 Å². The van der Waals surface area contributed by atoms with Crippen LogP contribution >= 0.6 is 0 Å². The van der Waals surface area contributed by atoms with E-state index in [1.165, 1.54) is 42.7 Å². The zero-order valence-electron chi connectivity index (χ0n) is 18.8. The van der Waals surface area contributed by atoms with E-state index in [-0.39, 0.29) is 36.3 Å². The molecule has 1 amide bonds. The highest BCUT2D eigenvalue weighted by atomic mass is 19.3. The van der Waals surface area contributed by atoms with Gasteiger partial charge in [-0.05, 0) is 43.3 Å². The van der Waals surface area contributed by atoms with Crippen molar-refractivity contribution >= 4 is 17.6 Å². The summed E-state index contributed by atoms with van der Waals surface area (Å²) in [4.78, 5) is 22.5. The number of halogens is 3. The molecule has 1 saturated heterocycles. The summed E-state index contributed by atoms with van der Waals surface area (Å²) in [7, 11) is 0. The first-order chi connectivity index (χ1) is 16.6. The van der Waals surface area contributed by atoms with Crippen molar-refractivity contribution in [3.63, 3.8) is 0 Å². The van der Waals surface area contributed by atoms with Gasteiger partial charge >= 0.3 is 0 Å². The second-order valence-electron chi connectivity index (χ2n) is 8.33. The Morgan fingerprint density at radius 2 is 2.00 bits per heavy atom. The van der Waals surface area contributed by atoms with Gasteiger partial charge in [0.2, 0.25) is 5.91 Å². The molecule has 35 heavy (non-hydrogen) atoms. The first-order valence-electron chi connectivity index (χ1n) is 10.9. The number of benzene rings is 1. The van der Waals surface area contributed by atoms with E-state index in [4.69, 9.17) is 10.5 Å². The molecule has 3 atom stereocenters. The van der Waals surface area contributed by atoms with Crippen LogP contribution in [0.1, 0.15) is 13.3 Å². The molecule has 3 heterocycles. The highest BCUT2D eigenvalue weighted by molar-refractivity contribution is 5.93. The molecule has 0 aliphatic carbocycles. The molecule has 186 valence electrons. The van der Waals surface area contributed by atoms with Gasteiger partial charge < -0.3 is 26.2 Å². The third-order valence-electron chi connectivity index (χ3n) is 5.91. The van der Waals surface area contributed by atoms with Gasteiger partial charge in [-0.25, -0.2) is 23.1 Å².